The van der Waals surface area contributed by atoms with Gasteiger partial charge < -0.3 is 0 Å². The fraction of sp³-hybridized carbons (Fsp3) is 0. The number of Topliss-reactive ketones (excluding diaryl/α,β-unsaturated/α-hetero) is 1. The molecule has 1 aliphatic carbocycles. The predicted molar refractivity (Wildman–Crippen MR) is 36.1 cm³/mol. The lowest BCUT2D eigenvalue weighted by Gasteiger charge is -2.00. The Morgan fingerprint density at radius 3 is 2.00 bits per heavy atom. The lowest BCUT2D eigenvalue weighted by atomic mass is 10.2. The molecule has 9 heavy (non-hydrogen) atoms. The van der Waals surface area contributed by atoms with Gasteiger partial charge >= 0.3 is 0 Å². The van der Waals surface area contributed by atoms with Gasteiger partial charge in [-0.25, -0.2) is 0 Å². The molecular weight excluding hydrogens is 159 g/mol. The SMILES string of the molecule is O=C1C(Cl)=C[C]C=C1Cl. The molecule has 0 bridgehead atoms. The summed E-state index contributed by atoms with van der Waals surface area (Å²) in [6, 6.07) is 0. The molecule has 0 aromatic heterocycles. The van der Waals surface area contributed by atoms with Crippen molar-refractivity contribution in [2.45, 2.75) is 0 Å². The Balaban J connectivity index is 2.86. The van der Waals surface area contributed by atoms with Gasteiger partial charge in [0.2, 0.25) is 5.78 Å². The van der Waals surface area contributed by atoms with E-state index in [0.29, 0.717) is 0 Å². The van der Waals surface area contributed by atoms with Crippen LogP contribution >= 0.6 is 23.2 Å². The molecule has 1 rings (SSSR count). The van der Waals surface area contributed by atoms with E-state index in [1.165, 1.54) is 12.2 Å². The highest BCUT2D eigenvalue weighted by Crippen LogP contribution is 2.19. The van der Waals surface area contributed by atoms with Crippen LogP contribution in [0.5, 0.6) is 0 Å². The van der Waals surface area contributed by atoms with Crippen molar-refractivity contribution < 1.29 is 4.79 Å². The maximum atomic E-state index is 10.7. The highest BCUT2D eigenvalue weighted by Gasteiger charge is 2.13. The summed E-state index contributed by atoms with van der Waals surface area (Å²) in [5, 5.41) is 0.227. The Morgan fingerprint density at radius 2 is 1.67 bits per heavy atom. The van der Waals surface area contributed by atoms with Crippen LogP contribution in [0, 0.1) is 6.42 Å². The maximum Gasteiger partial charge on any atom is 0.215 e. The molecule has 0 aliphatic heterocycles. The van der Waals surface area contributed by atoms with Crippen LogP contribution in [-0.2, 0) is 4.79 Å². The summed E-state index contributed by atoms with van der Waals surface area (Å²) in [5.41, 5.74) is 0. The van der Waals surface area contributed by atoms with Gasteiger partial charge in [0.25, 0.3) is 0 Å². The molecule has 0 N–H and O–H groups in total. The molecule has 2 radical (unpaired) electrons. The summed E-state index contributed by atoms with van der Waals surface area (Å²) in [5.74, 6) is -0.336. The van der Waals surface area contributed by atoms with E-state index < -0.39 is 0 Å². The molecule has 0 saturated heterocycles. The zero-order valence-electron chi connectivity index (χ0n) is 4.32. The molecule has 0 aromatic carbocycles. The van der Waals surface area contributed by atoms with Gasteiger partial charge in [0.05, 0.1) is 10.1 Å². The largest absolute Gasteiger partial charge is 0.287 e. The molecule has 0 atom stereocenters. The number of carbonyl (C=O) groups excluding carboxylic acids is 1. The van der Waals surface area contributed by atoms with Gasteiger partial charge in [0, 0.05) is 6.42 Å². The lowest BCUT2D eigenvalue weighted by Crippen LogP contribution is -2.00. The molecule has 1 nitrogen and oxygen atoms in total. The summed E-state index contributed by atoms with van der Waals surface area (Å²) in [6.45, 7) is 0. The van der Waals surface area contributed by atoms with Crippen LogP contribution in [0.4, 0.5) is 0 Å². The van der Waals surface area contributed by atoms with Gasteiger partial charge in [0.15, 0.2) is 0 Å². The minimum Gasteiger partial charge on any atom is -0.287 e. The first-order chi connectivity index (χ1) is 4.22. The molecule has 1 aliphatic rings. The zero-order valence-corrected chi connectivity index (χ0v) is 5.83. The fourth-order valence-corrected chi connectivity index (χ4v) is 0.811. The van der Waals surface area contributed by atoms with Crippen LogP contribution in [0.1, 0.15) is 0 Å². The van der Waals surface area contributed by atoms with Gasteiger partial charge in [-0.3, -0.25) is 4.79 Å². The summed E-state index contributed by atoms with van der Waals surface area (Å²) in [4.78, 5) is 10.7. The molecule has 0 heterocycles. The molecule has 46 valence electrons. The highest BCUT2D eigenvalue weighted by atomic mass is 35.5. The average molecular weight is 161 g/mol. The van der Waals surface area contributed by atoms with Crippen LogP contribution in [0.15, 0.2) is 22.2 Å². The van der Waals surface area contributed by atoms with Crippen molar-refractivity contribution in [3.05, 3.63) is 28.6 Å². The standard InChI is InChI=1S/C6H2Cl2O/c7-4-2-1-3-5(8)6(4)9/h2-3H. The van der Waals surface area contributed by atoms with Gasteiger partial charge in [-0.1, -0.05) is 23.2 Å². The Morgan fingerprint density at radius 1 is 1.22 bits per heavy atom. The topological polar surface area (TPSA) is 17.1 Å². The molecule has 3 heteroatoms. The van der Waals surface area contributed by atoms with Gasteiger partial charge in [-0.2, -0.15) is 0 Å². The van der Waals surface area contributed by atoms with Crippen molar-refractivity contribution in [1.82, 2.24) is 0 Å². The van der Waals surface area contributed by atoms with Crippen molar-refractivity contribution >= 4 is 29.0 Å². The zero-order chi connectivity index (χ0) is 6.85. The van der Waals surface area contributed by atoms with Crippen LogP contribution in [0.3, 0.4) is 0 Å². The monoisotopic (exact) mass is 160 g/mol. The Labute approximate surface area is 62.9 Å². The van der Waals surface area contributed by atoms with E-state index in [9.17, 15) is 4.79 Å². The van der Waals surface area contributed by atoms with Gasteiger partial charge in [0.1, 0.15) is 0 Å². The van der Waals surface area contributed by atoms with E-state index in [-0.39, 0.29) is 15.8 Å². The predicted octanol–water partition coefficient (Wildman–Crippen LogP) is 1.90. The van der Waals surface area contributed by atoms with Crippen molar-refractivity contribution in [2.75, 3.05) is 0 Å². The van der Waals surface area contributed by atoms with E-state index >= 15 is 0 Å². The third-order valence-corrected chi connectivity index (χ3v) is 1.42. The fourth-order valence-electron chi connectivity index (χ4n) is 0.433. The molecule has 0 spiro atoms. The molecule has 0 saturated carbocycles. The number of ketones is 1. The van der Waals surface area contributed by atoms with Crippen molar-refractivity contribution in [3.63, 3.8) is 0 Å². The number of rotatable bonds is 0. The Bertz CT molecular complexity index is 183. The second kappa shape index (κ2) is 2.54. The van der Waals surface area contributed by atoms with Crippen LogP contribution in [0.2, 0.25) is 0 Å². The Hall–Kier alpha value is -0.270. The Kier molecular flexibility index (Phi) is 1.94. The van der Waals surface area contributed by atoms with Crippen molar-refractivity contribution in [1.29, 1.82) is 0 Å². The number of hydrogen-bond acceptors (Lipinski definition) is 1. The molecule has 0 amide bonds. The van der Waals surface area contributed by atoms with E-state index in [2.05, 4.69) is 6.42 Å². The lowest BCUT2D eigenvalue weighted by molar-refractivity contribution is -0.111. The second-order valence-electron chi connectivity index (χ2n) is 1.48. The van der Waals surface area contributed by atoms with E-state index in [0.717, 1.165) is 0 Å². The summed E-state index contributed by atoms with van der Waals surface area (Å²) in [6.07, 6.45) is 5.38. The molecule has 0 aromatic rings. The minimum atomic E-state index is -0.336. The summed E-state index contributed by atoms with van der Waals surface area (Å²) < 4.78 is 0. The third kappa shape index (κ3) is 1.35. The van der Waals surface area contributed by atoms with Crippen molar-refractivity contribution in [3.8, 4) is 0 Å². The maximum absolute atomic E-state index is 10.7. The molecule has 0 fully saturated rings. The van der Waals surface area contributed by atoms with Crippen LogP contribution in [0.25, 0.3) is 0 Å². The molecule has 0 unspecified atom stereocenters. The smallest absolute Gasteiger partial charge is 0.215 e. The summed E-state index contributed by atoms with van der Waals surface area (Å²) >= 11 is 10.8. The number of halogens is 2. The minimum absolute atomic E-state index is 0.113. The first-order valence-corrected chi connectivity index (χ1v) is 2.99. The van der Waals surface area contributed by atoms with Crippen molar-refractivity contribution in [2.24, 2.45) is 0 Å². The second-order valence-corrected chi connectivity index (χ2v) is 2.29. The number of hydrogen-bond donors (Lipinski definition) is 0. The quantitative estimate of drug-likeness (QED) is 0.530. The van der Waals surface area contributed by atoms with Crippen LogP contribution < -0.4 is 0 Å². The van der Waals surface area contributed by atoms with E-state index in [4.69, 9.17) is 23.2 Å². The van der Waals surface area contributed by atoms with E-state index in [1.54, 1.807) is 0 Å². The van der Waals surface area contributed by atoms with Crippen LogP contribution in [-0.4, -0.2) is 5.78 Å². The molecular formula is C6H2Cl2O. The third-order valence-electron chi connectivity index (χ3n) is 0.854. The average Bonchev–Trinajstić information content (AvgIpc) is 1.83. The summed E-state index contributed by atoms with van der Waals surface area (Å²) in [7, 11) is 0. The number of carbonyl (C=O) groups is 1. The van der Waals surface area contributed by atoms with Gasteiger partial charge in [-0.05, 0) is 12.2 Å². The normalized spacial score (nSPS) is 19.1. The first kappa shape index (κ1) is 6.84. The first-order valence-electron chi connectivity index (χ1n) is 2.24. The highest BCUT2D eigenvalue weighted by molar-refractivity contribution is 6.55. The van der Waals surface area contributed by atoms with E-state index in [1.807, 2.05) is 0 Å². The number of allylic oxidation sites excluding steroid dienone is 4. The van der Waals surface area contributed by atoms with Gasteiger partial charge in [-0.15, -0.1) is 0 Å².